The van der Waals surface area contributed by atoms with Gasteiger partial charge in [0.15, 0.2) is 0 Å². The van der Waals surface area contributed by atoms with Gasteiger partial charge in [0.1, 0.15) is 16.8 Å². The van der Waals surface area contributed by atoms with Crippen molar-refractivity contribution in [2.75, 3.05) is 12.9 Å². The molecular weight excluding hydrogens is 396 g/mol. The van der Waals surface area contributed by atoms with Crippen molar-refractivity contribution in [1.29, 1.82) is 0 Å². The van der Waals surface area contributed by atoms with Crippen LogP contribution in [-0.4, -0.2) is 29.2 Å². The number of phenols is 1. The summed E-state index contributed by atoms with van der Waals surface area (Å²) in [5.41, 5.74) is -0.946. The first kappa shape index (κ1) is 22.1. The van der Waals surface area contributed by atoms with Gasteiger partial charge in [-0.3, -0.25) is 4.79 Å². The van der Waals surface area contributed by atoms with E-state index in [-0.39, 0.29) is 35.5 Å². The molecule has 0 radical (unpaired) electrons. The van der Waals surface area contributed by atoms with Crippen LogP contribution in [0.2, 0.25) is 0 Å². The van der Waals surface area contributed by atoms with Crippen LogP contribution in [-0.2, 0) is 22.1 Å². The molecule has 28 heavy (non-hydrogen) atoms. The summed E-state index contributed by atoms with van der Waals surface area (Å²) in [5.74, 6) is -2.25. The lowest BCUT2D eigenvalue weighted by atomic mass is 9.93. The highest BCUT2D eigenvalue weighted by Crippen LogP contribution is 2.40. The second-order valence-corrected chi connectivity index (χ2v) is 7.18. The lowest BCUT2D eigenvalue weighted by molar-refractivity contribution is -0.142. The van der Waals surface area contributed by atoms with Crippen LogP contribution in [0.3, 0.4) is 0 Å². The van der Waals surface area contributed by atoms with E-state index in [2.05, 4.69) is 0 Å². The van der Waals surface area contributed by atoms with Crippen molar-refractivity contribution in [3.63, 3.8) is 0 Å². The van der Waals surface area contributed by atoms with E-state index in [0.717, 1.165) is 11.8 Å². The van der Waals surface area contributed by atoms with Crippen LogP contribution in [0.4, 0.5) is 17.6 Å². The Morgan fingerprint density at radius 1 is 1.29 bits per heavy atom. The van der Waals surface area contributed by atoms with Gasteiger partial charge in [0, 0.05) is 5.56 Å². The summed E-state index contributed by atoms with van der Waals surface area (Å²) in [6.45, 7) is 3.36. The Hall–Kier alpha value is -2.22. The molecule has 1 atom stereocenters. The molecule has 1 unspecified atom stereocenters. The SMILES string of the molecule is CCOC(=O)C(Cc1cc(-c2c(C)cccc2O)cc(C(F)(F)F)c1F)SC. The molecule has 0 aliphatic rings. The molecule has 2 rings (SSSR count). The molecule has 0 heterocycles. The van der Waals surface area contributed by atoms with E-state index in [9.17, 15) is 27.5 Å². The molecule has 2 aromatic rings. The monoisotopic (exact) mass is 416 g/mol. The smallest absolute Gasteiger partial charge is 0.419 e. The molecule has 0 saturated heterocycles. The van der Waals surface area contributed by atoms with Crippen molar-refractivity contribution in [1.82, 2.24) is 0 Å². The summed E-state index contributed by atoms with van der Waals surface area (Å²) >= 11 is 1.07. The Labute approximate surface area is 164 Å². The number of hydrogen-bond donors (Lipinski definition) is 1. The normalized spacial score (nSPS) is 12.7. The van der Waals surface area contributed by atoms with Crippen LogP contribution < -0.4 is 0 Å². The number of phenolic OH excluding ortho intramolecular Hbond substituents is 1. The fraction of sp³-hybridized carbons (Fsp3) is 0.350. The Morgan fingerprint density at radius 3 is 2.50 bits per heavy atom. The Balaban J connectivity index is 2.64. The Morgan fingerprint density at radius 2 is 1.96 bits per heavy atom. The second kappa shape index (κ2) is 8.86. The molecule has 0 bridgehead atoms. The van der Waals surface area contributed by atoms with E-state index in [4.69, 9.17) is 4.74 Å². The molecule has 0 fully saturated rings. The number of aryl methyl sites for hydroxylation is 1. The van der Waals surface area contributed by atoms with Gasteiger partial charge in [0.05, 0.1) is 12.2 Å². The zero-order valence-electron chi connectivity index (χ0n) is 15.6. The fourth-order valence-electron chi connectivity index (χ4n) is 2.91. The van der Waals surface area contributed by atoms with E-state index in [1.807, 2.05) is 0 Å². The van der Waals surface area contributed by atoms with Gasteiger partial charge in [0.2, 0.25) is 0 Å². The van der Waals surface area contributed by atoms with E-state index in [1.165, 1.54) is 12.1 Å². The van der Waals surface area contributed by atoms with Gasteiger partial charge in [-0.05, 0) is 61.4 Å². The summed E-state index contributed by atoms with van der Waals surface area (Å²) < 4.78 is 59.9. The van der Waals surface area contributed by atoms with E-state index in [1.54, 1.807) is 32.2 Å². The number of carbonyl (C=O) groups is 1. The summed E-state index contributed by atoms with van der Waals surface area (Å²) in [4.78, 5) is 12.0. The van der Waals surface area contributed by atoms with Crippen molar-refractivity contribution >= 4 is 17.7 Å². The summed E-state index contributed by atoms with van der Waals surface area (Å²) in [5, 5.41) is 9.28. The summed E-state index contributed by atoms with van der Waals surface area (Å²) in [6, 6.07) is 6.47. The third-order valence-electron chi connectivity index (χ3n) is 4.23. The first-order valence-corrected chi connectivity index (χ1v) is 9.76. The largest absolute Gasteiger partial charge is 0.507 e. The molecule has 8 heteroatoms. The molecule has 2 aromatic carbocycles. The number of aromatic hydroxyl groups is 1. The minimum atomic E-state index is -4.92. The van der Waals surface area contributed by atoms with Crippen LogP contribution in [0.1, 0.15) is 23.6 Å². The highest BCUT2D eigenvalue weighted by molar-refractivity contribution is 7.99. The van der Waals surface area contributed by atoms with Gasteiger partial charge in [-0.2, -0.15) is 13.2 Å². The predicted octanol–water partition coefficient (Wildman–Crippen LogP) is 5.36. The van der Waals surface area contributed by atoms with Crippen molar-refractivity contribution < 1.29 is 32.2 Å². The zero-order valence-corrected chi connectivity index (χ0v) is 16.4. The van der Waals surface area contributed by atoms with Crippen molar-refractivity contribution in [2.24, 2.45) is 0 Å². The first-order chi connectivity index (χ1) is 13.1. The molecule has 0 saturated carbocycles. The molecule has 1 N–H and O–H groups in total. The number of alkyl halides is 3. The molecule has 0 aliphatic heterocycles. The third-order valence-corrected chi connectivity index (χ3v) is 5.16. The molecule has 0 spiro atoms. The van der Waals surface area contributed by atoms with Gasteiger partial charge in [-0.1, -0.05) is 12.1 Å². The first-order valence-electron chi connectivity index (χ1n) is 8.48. The van der Waals surface area contributed by atoms with Crippen LogP contribution in [0, 0.1) is 12.7 Å². The summed E-state index contributed by atoms with van der Waals surface area (Å²) in [7, 11) is 0. The maximum atomic E-state index is 14.7. The number of ether oxygens (including phenoxy) is 1. The highest BCUT2D eigenvalue weighted by atomic mass is 32.2. The fourth-order valence-corrected chi connectivity index (χ4v) is 3.52. The average molecular weight is 416 g/mol. The minimum Gasteiger partial charge on any atom is -0.507 e. The van der Waals surface area contributed by atoms with Gasteiger partial charge in [-0.15, -0.1) is 11.8 Å². The molecular formula is C20H20F4O3S. The lowest BCUT2D eigenvalue weighted by Crippen LogP contribution is -2.23. The Bertz CT molecular complexity index is 845. The number of esters is 1. The number of benzene rings is 2. The molecule has 3 nitrogen and oxygen atoms in total. The van der Waals surface area contributed by atoms with Gasteiger partial charge >= 0.3 is 12.1 Å². The van der Waals surface area contributed by atoms with Gasteiger partial charge in [0.25, 0.3) is 0 Å². The molecule has 0 aliphatic carbocycles. The van der Waals surface area contributed by atoms with Gasteiger partial charge < -0.3 is 9.84 Å². The van der Waals surface area contributed by atoms with E-state index < -0.39 is 28.8 Å². The van der Waals surface area contributed by atoms with Crippen LogP contribution in [0.5, 0.6) is 5.75 Å². The number of thioether (sulfide) groups is 1. The predicted molar refractivity (Wildman–Crippen MR) is 101 cm³/mol. The molecule has 0 aromatic heterocycles. The summed E-state index contributed by atoms with van der Waals surface area (Å²) in [6.07, 6.45) is -3.59. The topological polar surface area (TPSA) is 46.5 Å². The molecule has 152 valence electrons. The van der Waals surface area contributed by atoms with Crippen LogP contribution >= 0.6 is 11.8 Å². The number of halogens is 4. The maximum absolute atomic E-state index is 14.7. The van der Waals surface area contributed by atoms with Crippen molar-refractivity contribution in [3.8, 4) is 16.9 Å². The second-order valence-electron chi connectivity index (χ2n) is 6.14. The Kier molecular flexibility index (Phi) is 6.98. The van der Waals surface area contributed by atoms with Crippen LogP contribution in [0.25, 0.3) is 11.1 Å². The minimum absolute atomic E-state index is 0.0306. The maximum Gasteiger partial charge on any atom is 0.419 e. The highest BCUT2D eigenvalue weighted by Gasteiger charge is 2.36. The number of carbonyl (C=O) groups excluding carboxylic acids is 1. The lowest BCUT2D eigenvalue weighted by Gasteiger charge is -2.18. The standard InChI is InChI=1S/C20H20F4O3S/c1-4-27-19(26)16(28-3)10-13-8-12(9-14(18(13)21)20(22,23)24)17-11(2)6-5-7-15(17)25/h5-9,16,25H,4,10H2,1-3H3. The average Bonchev–Trinajstić information content (AvgIpc) is 2.60. The quantitative estimate of drug-likeness (QED) is 0.509. The van der Waals surface area contributed by atoms with Crippen molar-refractivity contribution in [3.05, 3.63) is 52.8 Å². The number of hydrogen-bond acceptors (Lipinski definition) is 4. The number of rotatable bonds is 6. The molecule has 0 amide bonds. The van der Waals surface area contributed by atoms with E-state index in [0.29, 0.717) is 11.6 Å². The van der Waals surface area contributed by atoms with Gasteiger partial charge in [-0.25, -0.2) is 4.39 Å². The van der Waals surface area contributed by atoms with E-state index >= 15 is 0 Å². The third kappa shape index (κ3) is 4.79. The zero-order chi connectivity index (χ0) is 21.1. The van der Waals surface area contributed by atoms with Crippen molar-refractivity contribution in [2.45, 2.75) is 31.7 Å². The van der Waals surface area contributed by atoms with Crippen LogP contribution in [0.15, 0.2) is 30.3 Å².